The van der Waals surface area contributed by atoms with Crippen LogP contribution >= 0.6 is 0 Å². The average Bonchev–Trinajstić information content (AvgIpc) is 2.54. The van der Waals surface area contributed by atoms with Crippen LogP contribution in [0.15, 0.2) is 54.6 Å². The normalized spacial score (nSPS) is 10.8. The summed E-state index contributed by atoms with van der Waals surface area (Å²) in [4.78, 5) is 0. The Hall–Kier alpha value is -2.39. The van der Waals surface area contributed by atoms with E-state index in [-0.39, 0.29) is 5.82 Å². The smallest absolute Gasteiger partial charge is 0.131 e. The number of halogens is 1. The molecule has 0 heterocycles. The molecule has 0 bridgehead atoms. The summed E-state index contributed by atoms with van der Waals surface area (Å²) in [5.74, 6) is 0.534. The van der Waals surface area contributed by atoms with E-state index in [0.717, 1.165) is 27.6 Å². The Labute approximate surface area is 123 Å². The fourth-order valence-corrected chi connectivity index (χ4v) is 2.59. The summed E-state index contributed by atoms with van der Waals surface area (Å²) >= 11 is 0. The van der Waals surface area contributed by atoms with Crippen molar-refractivity contribution in [3.05, 3.63) is 66.0 Å². The zero-order valence-corrected chi connectivity index (χ0v) is 11.8. The molecule has 21 heavy (non-hydrogen) atoms. The van der Waals surface area contributed by atoms with Gasteiger partial charge >= 0.3 is 0 Å². The first kappa shape index (κ1) is 13.6. The van der Waals surface area contributed by atoms with Gasteiger partial charge in [-0.05, 0) is 40.8 Å². The first-order valence-electron chi connectivity index (χ1n) is 6.79. The molecule has 0 aliphatic rings. The lowest BCUT2D eigenvalue weighted by atomic mass is 9.96. The SMILES string of the molecule is COc1ccc(-c2cc(CN)ccc2F)c2ccccc12. The Morgan fingerprint density at radius 1 is 0.952 bits per heavy atom. The van der Waals surface area contributed by atoms with E-state index in [4.69, 9.17) is 10.5 Å². The van der Waals surface area contributed by atoms with E-state index >= 15 is 0 Å². The second-order valence-corrected chi connectivity index (χ2v) is 4.88. The highest BCUT2D eigenvalue weighted by Gasteiger charge is 2.11. The van der Waals surface area contributed by atoms with Gasteiger partial charge in [-0.15, -0.1) is 0 Å². The van der Waals surface area contributed by atoms with E-state index in [1.807, 2.05) is 42.5 Å². The van der Waals surface area contributed by atoms with Gasteiger partial charge in [-0.25, -0.2) is 4.39 Å². The summed E-state index contributed by atoms with van der Waals surface area (Å²) in [5.41, 5.74) is 7.98. The molecule has 2 N–H and O–H groups in total. The Bertz CT molecular complexity index is 798. The third-order valence-electron chi connectivity index (χ3n) is 3.66. The highest BCUT2D eigenvalue weighted by molar-refractivity contribution is 6.00. The molecule has 0 aliphatic carbocycles. The standard InChI is InChI=1S/C18H16FNO/c1-21-18-9-7-14(13-4-2-3-5-15(13)18)16-10-12(11-20)6-8-17(16)19/h2-10H,11,20H2,1H3. The molecule has 0 amide bonds. The topological polar surface area (TPSA) is 35.2 Å². The minimum absolute atomic E-state index is 0.248. The molecule has 3 aromatic carbocycles. The van der Waals surface area contributed by atoms with Crippen LogP contribution in [0.4, 0.5) is 4.39 Å². The molecular weight excluding hydrogens is 265 g/mol. The number of fused-ring (bicyclic) bond motifs is 1. The molecular formula is C18H16FNO. The highest BCUT2D eigenvalue weighted by Crippen LogP contribution is 2.35. The fraction of sp³-hybridized carbons (Fsp3) is 0.111. The number of rotatable bonds is 3. The Kier molecular flexibility index (Phi) is 3.59. The first-order chi connectivity index (χ1) is 10.2. The van der Waals surface area contributed by atoms with Gasteiger partial charge in [-0.3, -0.25) is 0 Å². The molecule has 0 spiro atoms. The molecule has 3 aromatic rings. The molecule has 0 aliphatic heterocycles. The van der Waals surface area contributed by atoms with E-state index < -0.39 is 0 Å². The Morgan fingerprint density at radius 3 is 2.43 bits per heavy atom. The lowest BCUT2D eigenvalue weighted by molar-refractivity contribution is 0.420. The van der Waals surface area contributed by atoms with E-state index in [1.54, 1.807) is 13.2 Å². The fourth-order valence-electron chi connectivity index (χ4n) is 2.59. The largest absolute Gasteiger partial charge is 0.496 e. The van der Waals surface area contributed by atoms with Gasteiger partial charge in [0.2, 0.25) is 0 Å². The van der Waals surface area contributed by atoms with Crippen molar-refractivity contribution in [2.24, 2.45) is 5.73 Å². The summed E-state index contributed by atoms with van der Waals surface area (Å²) in [6.07, 6.45) is 0. The monoisotopic (exact) mass is 281 g/mol. The molecule has 3 rings (SSSR count). The van der Waals surface area contributed by atoms with Crippen LogP contribution in [0.2, 0.25) is 0 Å². The molecule has 0 atom stereocenters. The average molecular weight is 281 g/mol. The third-order valence-corrected chi connectivity index (χ3v) is 3.66. The lowest BCUT2D eigenvalue weighted by Gasteiger charge is -2.12. The third kappa shape index (κ3) is 2.36. The number of methoxy groups -OCH3 is 1. The maximum Gasteiger partial charge on any atom is 0.131 e. The van der Waals surface area contributed by atoms with Gasteiger partial charge in [0.25, 0.3) is 0 Å². The molecule has 0 saturated carbocycles. The van der Waals surface area contributed by atoms with Crippen LogP contribution in [0.1, 0.15) is 5.56 Å². The summed E-state index contributed by atoms with van der Waals surface area (Å²) in [7, 11) is 1.64. The Morgan fingerprint density at radius 2 is 1.71 bits per heavy atom. The minimum atomic E-state index is -0.248. The van der Waals surface area contributed by atoms with Gasteiger partial charge in [-0.1, -0.05) is 30.3 Å². The highest BCUT2D eigenvalue weighted by atomic mass is 19.1. The number of hydrogen-bond acceptors (Lipinski definition) is 2. The van der Waals surface area contributed by atoms with Gasteiger partial charge in [-0.2, -0.15) is 0 Å². The van der Waals surface area contributed by atoms with Crippen molar-refractivity contribution in [1.82, 2.24) is 0 Å². The Balaban J connectivity index is 2.31. The minimum Gasteiger partial charge on any atom is -0.496 e. The van der Waals surface area contributed by atoms with Crippen molar-refractivity contribution in [2.75, 3.05) is 7.11 Å². The zero-order chi connectivity index (χ0) is 14.8. The van der Waals surface area contributed by atoms with Gasteiger partial charge in [0.15, 0.2) is 0 Å². The summed E-state index contributed by atoms with van der Waals surface area (Å²) < 4.78 is 19.6. The molecule has 3 heteroatoms. The van der Waals surface area contributed by atoms with E-state index in [0.29, 0.717) is 12.1 Å². The van der Waals surface area contributed by atoms with E-state index in [9.17, 15) is 4.39 Å². The van der Waals surface area contributed by atoms with E-state index in [2.05, 4.69) is 0 Å². The molecule has 0 unspecified atom stereocenters. The van der Waals surface area contributed by atoms with Crippen LogP contribution in [0.3, 0.4) is 0 Å². The predicted molar refractivity (Wildman–Crippen MR) is 83.8 cm³/mol. The van der Waals surface area contributed by atoms with Crippen molar-refractivity contribution in [1.29, 1.82) is 0 Å². The summed E-state index contributed by atoms with van der Waals surface area (Å²) in [5, 5.41) is 1.93. The van der Waals surface area contributed by atoms with Gasteiger partial charge < -0.3 is 10.5 Å². The van der Waals surface area contributed by atoms with Crippen LogP contribution < -0.4 is 10.5 Å². The predicted octanol–water partition coefficient (Wildman–Crippen LogP) is 4.11. The second kappa shape index (κ2) is 5.54. The van der Waals surface area contributed by atoms with Crippen LogP contribution in [0.25, 0.3) is 21.9 Å². The molecule has 106 valence electrons. The molecule has 0 aromatic heterocycles. The zero-order valence-electron chi connectivity index (χ0n) is 11.8. The van der Waals surface area contributed by atoms with Crippen molar-refractivity contribution in [3.63, 3.8) is 0 Å². The van der Waals surface area contributed by atoms with Crippen molar-refractivity contribution in [2.45, 2.75) is 6.54 Å². The van der Waals surface area contributed by atoms with Crippen molar-refractivity contribution < 1.29 is 9.13 Å². The first-order valence-corrected chi connectivity index (χ1v) is 6.79. The number of hydrogen-bond donors (Lipinski definition) is 1. The number of ether oxygens (including phenoxy) is 1. The number of nitrogens with two attached hydrogens (primary N) is 1. The summed E-state index contributed by atoms with van der Waals surface area (Å²) in [6, 6.07) is 16.6. The van der Waals surface area contributed by atoms with Crippen LogP contribution in [0.5, 0.6) is 5.75 Å². The van der Waals surface area contributed by atoms with Gasteiger partial charge in [0.1, 0.15) is 11.6 Å². The second-order valence-electron chi connectivity index (χ2n) is 4.88. The van der Waals surface area contributed by atoms with Gasteiger partial charge in [0, 0.05) is 17.5 Å². The summed E-state index contributed by atoms with van der Waals surface area (Å²) in [6.45, 7) is 0.390. The quantitative estimate of drug-likeness (QED) is 0.784. The molecule has 0 radical (unpaired) electrons. The van der Waals surface area contributed by atoms with Crippen LogP contribution in [0, 0.1) is 5.82 Å². The molecule has 0 saturated heterocycles. The van der Waals surface area contributed by atoms with Crippen LogP contribution in [-0.4, -0.2) is 7.11 Å². The maximum absolute atomic E-state index is 14.2. The molecule has 0 fully saturated rings. The van der Waals surface area contributed by atoms with Crippen molar-refractivity contribution in [3.8, 4) is 16.9 Å². The van der Waals surface area contributed by atoms with Crippen LogP contribution in [-0.2, 0) is 6.54 Å². The van der Waals surface area contributed by atoms with Crippen molar-refractivity contribution >= 4 is 10.8 Å². The maximum atomic E-state index is 14.2. The molecule has 2 nitrogen and oxygen atoms in total. The number of benzene rings is 3. The van der Waals surface area contributed by atoms with Gasteiger partial charge in [0.05, 0.1) is 7.11 Å². The van der Waals surface area contributed by atoms with E-state index in [1.165, 1.54) is 6.07 Å². The lowest BCUT2D eigenvalue weighted by Crippen LogP contribution is -1.97.